The van der Waals surface area contributed by atoms with E-state index in [9.17, 15) is 0 Å². The molecule has 166 valence electrons. The van der Waals surface area contributed by atoms with Gasteiger partial charge in [-0.15, -0.1) is 0 Å². The largest absolute Gasteiger partial charge is 0.305 e. The van der Waals surface area contributed by atoms with Gasteiger partial charge in [0.15, 0.2) is 0 Å². The summed E-state index contributed by atoms with van der Waals surface area (Å²) < 4.78 is 0. The van der Waals surface area contributed by atoms with Gasteiger partial charge in [-0.05, 0) is 6.42 Å². The Morgan fingerprint density at radius 3 is 0.852 bits per heavy atom. The Kier molecular flexibility index (Phi) is 33.1. The molecule has 0 aliphatic rings. The van der Waals surface area contributed by atoms with Crippen LogP contribution in [0.4, 0.5) is 0 Å². The highest BCUT2D eigenvalue weighted by atomic mass is 16.6. The summed E-state index contributed by atoms with van der Waals surface area (Å²) in [5.74, 6) is 5.01. The quantitative estimate of drug-likeness (QED) is 0.149. The number of rotatable bonds is 22. The van der Waals surface area contributed by atoms with Crippen LogP contribution in [0.1, 0.15) is 156 Å². The summed E-state index contributed by atoms with van der Waals surface area (Å²) >= 11 is 0. The molecule has 0 bridgehead atoms. The molecule has 0 saturated carbocycles. The number of hydrogen-bond donors (Lipinski definition) is 1. The Morgan fingerprint density at radius 1 is 0.407 bits per heavy atom. The van der Waals surface area contributed by atoms with Crippen LogP contribution in [-0.2, 0) is 4.84 Å². The molecule has 0 atom stereocenters. The summed E-state index contributed by atoms with van der Waals surface area (Å²) in [6.45, 7) is 7.02. The second kappa shape index (κ2) is 30.6. The minimum Gasteiger partial charge on any atom is -0.305 e. The maximum absolute atomic E-state index is 5.01. The van der Waals surface area contributed by atoms with Gasteiger partial charge in [-0.3, -0.25) is 0 Å². The van der Waals surface area contributed by atoms with Crippen LogP contribution in [0.25, 0.3) is 0 Å². The lowest BCUT2D eigenvalue weighted by atomic mass is 10.0. The van der Waals surface area contributed by atoms with Gasteiger partial charge in [0.2, 0.25) is 0 Å². The van der Waals surface area contributed by atoms with Crippen molar-refractivity contribution in [3.05, 3.63) is 0 Å². The highest BCUT2D eigenvalue weighted by Crippen LogP contribution is 2.14. The Balaban J connectivity index is 0. The minimum absolute atomic E-state index is 0.721. The monoisotopic (exact) mass is 385 g/mol. The molecule has 0 aliphatic heterocycles. The van der Waals surface area contributed by atoms with Crippen molar-refractivity contribution in [1.29, 1.82) is 0 Å². The summed E-state index contributed by atoms with van der Waals surface area (Å²) in [7, 11) is 0. The van der Waals surface area contributed by atoms with Crippen LogP contribution in [0.15, 0.2) is 0 Å². The molecule has 27 heavy (non-hydrogen) atoms. The van der Waals surface area contributed by atoms with E-state index < -0.39 is 0 Å². The molecule has 0 fully saturated rings. The lowest BCUT2D eigenvalue weighted by Crippen LogP contribution is -2.00. The van der Waals surface area contributed by atoms with E-state index in [1.807, 2.05) is 13.8 Å². The first kappa shape index (κ1) is 29.1. The smallest absolute Gasteiger partial charge is 0.0679 e. The van der Waals surface area contributed by atoms with Crippen molar-refractivity contribution < 1.29 is 4.84 Å². The molecule has 0 amide bonds. The molecule has 2 heteroatoms. The lowest BCUT2D eigenvalue weighted by molar-refractivity contribution is 0.133. The van der Waals surface area contributed by atoms with Crippen LogP contribution in [0.3, 0.4) is 0 Å². The van der Waals surface area contributed by atoms with Crippen LogP contribution in [0, 0.1) is 0 Å². The second-order valence-corrected chi connectivity index (χ2v) is 7.94. The van der Waals surface area contributed by atoms with Crippen molar-refractivity contribution in [2.24, 2.45) is 5.90 Å². The molecular weight excluding hydrogens is 330 g/mol. The molecule has 0 aliphatic carbocycles. The van der Waals surface area contributed by atoms with Crippen LogP contribution in [0.5, 0.6) is 0 Å². The van der Waals surface area contributed by atoms with Gasteiger partial charge in [-0.2, -0.15) is 0 Å². The lowest BCUT2D eigenvalue weighted by Gasteiger charge is -2.04. The normalized spacial score (nSPS) is 10.7. The minimum atomic E-state index is 0.721. The van der Waals surface area contributed by atoms with Gasteiger partial charge in [0, 0.05) is 0 Å². The molecule has 2 N–H and O–H groups in total. The van der Waals surface area contributed by atoms with Crippen LogP contribution in [-0.4, -0.2) is 6.61 Å². The molecule has 0 saturated heterocycles. The standard InChI is InChI=1S/C23H49NO.C2H6/c1-2-3-4-5-6-7-8-9-10-11-12-13-14-15-16-17-18-19-20-21-22-23-25-24;1-2/h2-24H2,1H3;1-2H3. The Morgan fingerprint density at radius 2 is 0.630 bits per heavy atom. The first-order valence-corrected chi connectivity index (χ1v) is 12.7. The molecule has 0 aromatic rings. The Bertz CT molecular complexity index is 198. The molecule has 2 nitrogen and oxygen atoms in total. The van der Waals surface area contributed by atoms with Crippen LogP contribution in [0.2, 0.25) is 0 Å². The van der Waals surface area contributed by atoms with Crippen molar-refractivity contribution in [3.8, 4) is 0 Å². The fourth-order valence-electron chi connectivity index (χ4n) is 3.62. The zero-order valence-corrected chi connectivity index (χ0v) is 19.5. The summed E-state index contributed by atoms with van der Waals surface area (Å²) in [5.41, 5.74) is 0. The topological polar surface area (TPSA) is 35.2 Å². The van der Waals surface area contributed by atoms with Gasteiger partial charge in [-0.25, -0.2) is 5.90 Å². The first-order valence-electron chi connectivity index (χ1n) is 12.7. The molecule has 0 unspecified atom stereocenters. The predicted octanol–water partition coefficient (Wildman–Crippen LogP) is 9.11. The highest BCUT2D eigenvalue weighted by Gasteiger charge is 1.95. The zero-order chi connectivity index (χ0) is 20.3. The van der Waals surface area contributed by atoms with Crippen LogP contribution < -0.4 is 5.90 Å². The molecular formula is C25H55NO. The Labute approximate surface area is 173 Å². The molecule has 0 radical (unpaired) electrons. The van der Waals surface area contributed by atoms with E-state index in [0.29, 0.717) is 0 Å². The van der Waals surface area contributed by atoms with E-state index in [2.05, 4.69) is 11.8 Å². The van der Waals surface area contributed by atoms with Crippen molar-refractivity contribution in [2.75, 3.05) is 6.61 Å². The maximum atomic E-state index is 5.01. The fourth-order valence-corrected chi connectivity index (χ4v) is 3.62. The number of hydrogen-bond acceptors (Lipinski definition) is 2. The zero-order valence-electron chi connectivity index (χ0n) is 19.5. The third-order valence-electron chi connectivity index (χ3n) is 5.37. The van der Waals surface area contributed by atoms with Gasteiger partial charge < -0.3 is 4.84 Å². The van der Waals surface area contributed by atoms with E-state index >= 15 is 0 Å². The molecule has 0 aromatic carbocycles. The maximum Gasteiger partial charge on any atom is 0.0679 e. The summed E-state index contributed by atoms with van der Waals surface area (Å²) in [6.07, 6.45) is 29.9. The highest BCUT2D eigenvalue weighted by molar-refractivity contribution is 4.51. The third kappa shape index (κ3) is 30.9. The van der Waals surface area contributed by atoms with E-state index in [4.69, 9.17) is 5.90 Å². The average molecular weight is 386 g/mol. The number of unbranched alkanes of at least 4 members (excludes halogenated alkanes) is 20. The second-order valence-electron chi connectivity index (χ2n) is 7.94. The predicted molar refractivity (Wildman–Crippen MR) is 124 cm³/mol. The number of nitrogens with two attached hydrogens (primary N) is 1. The Hall–Kier alpha value is -0.0800. The van der Waals surface area contributed by atoms with E-state index in [-0.39, 0.29) is 0 Å². The van der Waals surface area contributed by atoms with Crippen molar-refractivity contribution in [1.82, 2.24) is 0 Å². The van der Waals surface area contributed by atoms with Crippen molar-refractivity contribution in [3.63, 3.8) is 0 Å². The molecule has 0 spiro atoms. The molecule has 0 aromatic heterocycles. The van der Waals surface area contributed by atoms with Gasteiger partial charge in [0.1, 0.15) is 0 Å². The van der Waals surface area contributed by atoms with Gasteiger partial charge in [-0.1, -0.05) is 149 Å². The SMILES string of the molecule is CC.CCCCCCCCCCCCCCCCCCCCCCCON. The third-order valence-corrected chi connectivity index (χ3v) is 5.37. The van der Waals surface area contributed by atoms with Crippen molar-refractivity contribution >= 4 is 0 Å². The van der Waals surface area contributed by atoms with Crippen molar-refractivity contribution in [2.45, 2.75) is 156 Å². The summed E-state index contributed by atoms with van der Waals surface area (Å²) in [6, 6.07) is 0. The van der Waals surface area contributed by atoms with Gasteiger partial charge in [0.25, 0.3) is 0 Å². The molecule has 0 heterocycles. The van der Waals surface area contributed by atoms with E-state index in [0.717, 1.165) is 13.0 Å². The summed E-state index contributed by atoms with van der Waals surface area (Å²) in [5, 5.41) is 0. The average Bonchev–Trinajstić information content (AvgIpc) is 2.70. The first-order chi connectivity index (χ1) is 13.4. The van der Waals surface area contributed by atoms with Gasteiger partial charge >= 0.3 is 0 Å². The fraction of sp³-hybridized carbons (Fsp3) is 1.00. The molecule has 0 rings (SSSR count). The van der Waals surface area contributed by atoms with E-state index in [1.165, 1.54) is 128 Å². The van der Waals surface area contributed by atoms with E-state index in [1.54, 1.807) is 0 Å². The summed E-state index contributed by atoms with van der Waals surface area (Å²) in [4.78, 5) is 4.58. The van der Waals surface area contributed by atoms with Gasteiger partial charge in [0.05, 0.1) is 6.61 Å². The van der Waals surface area contributed by atoms with Crippen LogP contribution >= 0.6 is 0 Å².